The van der Waals surface area contributed by atoms with E-state index in [1.54, 1.807) is 19.1 Å². The fraction of sp³-hybridized carbons (Fsp3) is 0.407. The summed E-state index contributed by atoms with van der Waals surface area (Å²) in [5.41, 5.74) is 3.21. The number of methoxy groups -OCH3 is 2. The van der Waals surface area contributed by atoms with Crippen LogP contribution in [0, 0.1) is 0 Å². The number of carbonyl (C=O) groups is 2. The molecule has 2 aromatic carbocycles. The molecule has 0 unspecified atom stereocenters. The van der Waals surface area contributed by atoms with Crippen LogP contribution in [0.1, 0.15) is 37.3 Å². The van der Waals surface area contributed by atoms with E-state index >= 15 is 0 Å². The average Bonchev–Trinajstić information content (AvgIpc) is 3.63. The molecule has 34 heavy (non-hydrogen) atoms. The Hall–Kier alpha value is -3.48. The van der Waals surface area contributed by atoms with Gasteiger partial charge in [-0.25, -0.2) is 0 Å². The number of fused-ring (bicyclic) bond motifs is 1. The summed E-state index contributed by atoms with van der Waals surface area (Å²) < 4.78 is 10.8. The molecule has 0 radical (unpaired) electrons. The largest absolute Gasteiger partial charge is 0.493 e. The van der Waals surface area contributed by atoms with Crippen molar-refractivity contribution in [2.45, 2.75) is 45.2 Å². The van der Waals surface area contributed by atoms with E-state index in [1.165, 1.54) is 10.9 Å². The number of amides is 2. The van der Waals surface area contributed by atoms with Crippen LogP contribution in [0.4, 0.5) is 0 Å². The Morgan fingerprint density at radius 2 is 1.79 bits per heavy atom. The number of nitrogens with zero attached hydrogens (tertiary/aromatic N) is 2. The van der Waals surface area contributed by atoms with Gasteiger partial charge in [0.1, 0.15) is 6.54 Å². The van der Waals surface area contributed by atoms with Crippen molar-refractivity contribution < 1.29 is 19.1 Å². The summed E-state index contributed by atoms with van der Waals surface area (Å²) in [4.78, 5) is 32.9. The van der Waals surface area contributed by atoms with E-state index in [4.69, 9.17) is 9.47 Å². The number of aromatic nitrogens is 1. The van der Waals surface area contributed by atoms with Crippen molar-refractivity contribution >= 4 is 22.7 Å². The molecular weight excluding hydrogens is 430 g/mol. The maximum atomic E-state index is 13.5. The lowest BCUT2D eigenvalue weighted by Crippen LogP contribution is -2.44. The molecule has 0 saturated heterocycles. The second-order valence-corrected chi connectivity index (χ2v) is 8.72. The molecule has 1 N–H and O–H groups in total. The van der Waals surface area contributed by atoms with Crippen molar-refractivity contribution in [3.63, 3.8) is 0 Å². The number of H-pyrrole nitrogens is 1. The van der Waals surface area contributed by atoms with Crippen molar-refractivity contribution in [2.24, 2.45) is 0 Å². The molecule has 2 amide bonds. The average molecular weight is 464 g/mol. The molecule has 1 aliphatic rings. The third-order valence-corrected chi connectivity index (χ3v) is 6.42. The fourth-order valence-electron chi connectivity index (χ4n) is 4.34. The molecule has 1 saturated carbocycles. The first-order chi connectivity index (χ1) is 16.5. The molecule has 4 rings (SSSR count). The summed E-state index contributed by atoms with van der Waals surface area (Å²) in [7, 11) is 3.21. The Bertz CT molecular complexity index is 1150. The topological polar surface area (TPSA) is 74.9 Å². The van der Waals surface area contributed by atoms with E-state index in [1.807, 2.05) is 48.4 Å². The molecule has 1 fully saturated rings. The van der Waals surface area contributed by atoms with Gasteiger partial charge in [-0.2, -0.15) is 0 Å². The lowest BCUT2D eigenvalue weighted by atomic mass is 10.1. The minimum atomic E-state index is -0.0386. The summed E-state index contributed by atoms with van der Waals surface area (Å²) in [6.45, 7) is 2.95. The zero-order valence-electron chi connectivity index (χ0n) is 20.2. The first-order valence-electron chi connectivity index (χ1n) is 11.9. The molecule has 7 nitrogen and oxygen atoms in total. The van der Waals surface area contributed by atoms with Gasteiger partial charge in [-0.3, -0.25) is 9.59 Å². The van der Waals surface area contributed by atoms with Gasteiger partial charge in [0.25, 0.3) is 0 Å². The number of benzene rings is 2. The second kappa shape index (κ2) is 10.6. The normalized spacial score (nSPS) is 13.0. The van der Waals surface area contributed by atoms with Crippen molar-refractivity contribution in [3.05, 3.63) is 59.8 Å². The molecule has 3 aromatic rings. The van der Waals surface area contributed by atoms with Crippen molar-refractivity contribution in [3.8, 4) is 11.5 Å². The minimum Gasteiger partial charge on any atom is -0.493 e. The van der Waals surface area contributed by atoms with Crippen LogP contribution in [-0.2, 0) is 22.6 Å². The van der Waals surface area contributed by atoms with Gasteiger partial charge in [-0.05, 0) is 48.6 Å². The highest BCUT2D eigenvalue weighted by Gasteiger charge is 2.34. The number of rotatable bonds is 11. The number of aromatic amines is 1. The summed E-state index contributed by atoms with van der Waals surface area (Å²) in [5, 5.41) is 1.17. The van der Waals surface area contributed by atoms with E-state index in [9.17, 15) is 9.59 Å². The molecule has 0 aliphatic heterocycles. The third-order valence-electron chi connectivity index (χ3n) is 6.42. The number of ether oxygens (including phenoxy) is 2. The Kier molecular flexibility index (Phi) is 7.40. The molecule has 7 heteroatoms. The van der Waals surface area contributed by atoms with Crippen LogP contribution >= 0.6 is 0 Å². The summed E-state index contributed by atoms with van der Waals surface area (Å²) in [6.07, 6.45) is 5.10. The number of carbonyl (C=O) groups excluding carboxylic acids is 2. The Morgan fingerprint density at radius 1 is 1.03 bits per heavy atom. The van der Waals surface area contributed by atoms with Gasteiger partial charge in [-0.1, -0.05) is 31.2 Å². The van der Waals surface area contributed by atoms with Gasteiger partial charge in [-0.15, -0.1) is 0 Å². The number of hydrogen-bond donors (Lipinski definition) is 1. The highest BCUT2D eigenvalue weighted by Crippen LogP contribution is 2.29. The van der Waals surface area contributed by atoms with E-state index in [0.717, 1.165) is 23.9 Å². The molecule has 1 aromatic heterocycles. The Morgan fingerprint density at radius 3 is 2.50 bits per heavy atom. The third kappa shape index (κ3) is 5.35. The van der Waals surface area contributed by atoms with Crippen LogP contribution in [0.15, 0.2) is 48.7 Å². The Balaban J connectivity index is 1.54. The molecule has 180 valence electrons. The highest BCUT2D eigenvalue weighted by molar-refractivity contribution is 5.86. The predicted octanol–water partition coefficient (Wildman–Crippen LogP) is 4.16. The van der Waals surface area contributed by atoms with E-state index in [-0.39, 0.29) is 24.4 Å². The quantitative estimate of drug-likeness (QED) is 0.463. The van der Waals surface area contributed by atoms with Crippen LogP contribution in [-0.4, -0.2) is 59.9 Å². The zero-order valence-corrected chi connectivity index (χ0v) is 20.2. The number of para-hydroxylation sites is 1. The van der Waals surface area contributed by atoms with Gasteiger partial charge in [0, 0.05) is 42.7 Å². The molecule has 0 spiro atoms. The first-order valence-corrected chi connectivity index (χ1v) is 11.9. The van der Waals surface area contributed by atoms with Crippen LogP contribution < -0.4 is 9.47 Å². The number of nitrogens with one attached hydrogen (secondary N) is 1. The van der Waals surface area contributed by atoms with E-state index < -0.39 is 0 Å². The molecule has 0 atom stereocenters. The van der Waals surface area contributed by atoms with Crippen LogP contribution in [0.3, 0.4) is 0 Å². The zero-order chi connectivity index (χ0) is 24.1. The summed E-state index contributed by atoms with van der Waals surface area (Å²) in [5.74, 6) is 1.28. The predicted molar refractivity (Wildman–Crippen MR) is 132 cm³/mol. The molecule has 0 bridgehead atoms. The standard InChI is InChI=1S/C27H33N3O4/c1-4-26(31)30(21-10-11-21)18-27(32)29(17-19-9-12-24(33-2)25(15-19)34-3)14-13-20-16-28-23-8-6-5-7-22(20)23/h5-9,12,15-16,21,28H,4,10-11,13-14,17-18H2,1-3H3. The smallest absolute Gasteiger partial charge is 0.242 e. The van der Waals surface area contributed by atoms with Crippen molar-refractivity contribution in [1.82, 2.24) is 14.8 Å². The molecule has 1 heterocycles. The molecule has 1 aliphatic carbocycles. The summed E-state index contributed by atoms with van der Waals surface area (Å²) >= 11 is 0. The van der Waals surface area contributed by atoms with Crippen LogP contribution in [0.2, 0.25) is 0 Å². The summed E-state index contributed by atoms with van der Waals surface area (Å²) in [6, 6.07) is 14.1. The Labute approximate surface area is 200 Å². The number of hydrogen-bond acceptors (Lipinski definition) is 4. The highest BCUT2D eigenvalue weighted by atomic mass is 16.5. The monoisotopic (exact) mass is 463 g/mol. The maximum Gasteiger partial charge on any atom is 0.242 e. The lowest BCUT2D eigenvalue weighted by molar-refractivity contribution is -0.141. The van der Waals surface area contributed by atoms with E-state index in [0.29, 0.717) is 37.4 Å². The minimum absolute atomic E-state index is 0.0386. The lowest BCUT2D eigenvalue weighted by Gasteiger charge is -2.28. The van der Waals surface area contributed by atoms with Crippen molar-refractivity contribution in [2.75, 3.05) is 27.3 Å². The van der Waals surface area contributed by atoms with E-state index in [2.05, 4.69) is 17.1 Å². The fourth-order valence-corrected chi connectivity index (χ4v) is 4.34. The van der Waals surface area contributed by atoms with Gasteiger partial charge >= 0.3 is 0 Å². The second-order valence-electron chi connectivity index (χ2n) is 8.72. The van der Waals surface area contributed by atoms with Crippen LogP contribution in [0.25, 0.3) is 10.9 Å². The van der Waals surface area contributed by atoms with Gasteiger partial charge in [0.2, 0.25) is 11.8 Å². The van der Waals surface area contributed by atoms with Gasteiger partial charge in [0.15, 0.2) is 11.5 Å². The van der Waals surface area contributed by atoms with Crippen LogP contribution in [0.5, 0.6) is 11.5 Å². The SMILES string of the molecule is CCC(=O)N(CC(=O)N(CCc1c[nH]c2ccccc12)Cc1ccc(OC)c(OC)c1)C1CC1. The van der Waals surface area contributed by atoms with Crippen molar-refractivity contribution in [1.29, 1.82) is 0 Å². The van der Waals surface area contributed by atoms with Gasteiger partial charge in [0.05, 0.1) is 14.2 Å². The maximum absolute atomic E-state index is 13.5. The van der Waals surface area contributed by atoms with Gasteiger partial charge < -0.3 is 24.3 Å². The first kappa shape index (κ1) is 23.7. The molecular formula is C27H33N3O4.